The van der Waals surface area contributed by atoms with Crippen LogP contribution in [-0.2, 0) is 19.2 Å². The molecule has 2 saturated carbocycles. The Bertz CT molecular complexity index is 963. The van der Waals surface area contributed by atoms with Crippen LogP contribution in [0.3, 0.4) is 0 Å². The molecule has 0 aliphatic heterocycles. The van der Waals surface area contributed by atoms with Crippen LogP contribution in [0.25, 0.3) is 0 Å². The Kier molecular flexibility index (Phi) is 11.7. The molecule has 3 aliphatic carbocycles. The Hall–Kier alpha value is -2.11. The number of ether oxygens (including phenoxy) is 1. The van der Waals surface area contributed by atoms with Crippen molar-refractivity contribution >= 4 is 17.5 Å². The third-order valence-electron chi connectivity index (χ3n) is 10.8. The monoisotopic (exact) mass is 571 g/mol. The van der Waals surface area contributed by atoms with Gasteiger partial charge in [-0.15, -0.1) is 0 Å². The number of ketones is 1. The van der Waals surface area contributed by atoms with Gasteiger partial charge in [0.25, 0.3) is 0 Å². The van der Waals surface area contributed by atoms with Gasteiger partial charge in [-0.05, 0) is 79.4 Å². The average molecular weight is 572 g/mol. The van der Waals surface area contributed by atoms with Crippen LogP contribution in [0, 0.1) is 58.7 Å². The summed E-state index contributed by atoms with van der Waals surface area (Å²) in [5, 5.41) is 16.5. The fourth-order valence-corrected chi connectivity index (χ4v) is 8.99. The van der Waals surface area contributed by atoms with Gasteiger partial charge >= 0.3 is 5.97 Å². The summed E-state index contributed by atoms with van der Waals surface area (Å²) in [6.45, 7) is 19.6. The van der Waals surface area contributed by atoms with Crippen LogP contribution >= 0.6 is 0 Å². The topological polar surface area (TPSA) is 85.2 Å². The first-order chi connectivity index (χ1) is 19.4. The second kappa shape index (κ2) is 14.4. The molecule has 0 spiro atoms. The van der Waals surface area contributed by atoms with Gasteiger partial charge in [-0.3, -0.25) is 9.59 Å². The lowest BCUT2D eigenvalue weighted by Crippen LogP contribution is -2.59. The number of aliphatic hydroxyl groups excluding tert-OH is 1. The quantitative estimate of drug-likeness (QED) is 0.0886. The largest absolute Gasteiger partial charge is 0.511 e. The smallest absolute Gasteiger partial charge is 0.316 e. The number of carbonyl (C=O) groups is 2. The van der Waals surface area contributed by atoms with Gasteiger partial charge in [0.05, 0.1) is 18.4 Å². The molecule has 0 saturated heterocycles. The number of allylic oxidation sites excluding steroid dienone is 1. The summed E-state index contributed by atoms with van der Waals surface area (Å²) in [6.07, 6.45) is 9.40. The lowest BCUT2D eigenvalue weighted by Gasteiger charge is -2.60. The van der Waals surface area contributed by atoms with Crippen LogP contribution in [0.1, 0.15) is 106 Å². The minimum atomic E-state index is -0.908. The fraction of sp³-hybridized carbons (Fsp3) is 0.800. The van der Waals surface area contributed by atoms with E-state index in [0.717, 1.165) is 44.9 Å². The van der Waals surface area contributed by atoms with Crippen molar-refractivity contribution in [3.8, 4) is 0 Å². The molecular formula is C35H57NO5. The van der Waals surface area contributed by atoms with Crippen molar-refractivity contribution in [3.05, 3.63) is 24.0 Å². The van der Waals surface area contributed by atoms with Gasteiger partial charge in [0.1, 0.15) is 18.3 Å². The molecule has 6 nitrogen and oxygen atoms in total. The maximum absolute atomic E-state index is 14.5. The number of aliphatic hydroxyl groups is 1. The Balaban J connectivity index is 2.37. The van der Waals surface area contributed by atoms with Crippen LogP contribution in [-0.4, -0.2) is 36.3 Å². The normalized spacial score (nSPS) is 35.1. The molecule has 0 amide bonds. The highest BCUT2D eigenvalue weighted by molar-refractivity contribution is 6.23. The Morgan fingerprint density at radius 2 is 1.59 bits per heavy atom. The molecule has 0 heterocycles. The third-order valence-corrected chi connectivity index (χ3v) is 10.8. The highest BCUT2D eigenvalue weighted by Gasteiger charge is 2.63. The van der Waals surface area contributed by atoms with Crippen LogP contribution < -0.4 is 0 Å². The van der Waals surface area contributed by atoms with E-state index in [2.05, 4.69) is 53.3 Å². The molecule has 41 heavy (non-hydrogen) atoms. The molecule has 2 fully saturated rings. The molecule has 0 bridgehead atoms. The minimum absolute atomic E-state index is 0.112. The van der Waals surface area contributed by atoms with Crippen molar-refractivity contribution in [2.24, 2.45) is 63.8 Å². The van der Waals surface area contributed by atoms with Gasteiger partial charge in [0.15, 0.2) is 5.78 Å². The minimum Gasteiger partial charge on any atom is -0.511 e. The van der Waals surface area contributed by atoms with Gasteiger partial charge in [0, 0.05) is 11.8 Å². The van der Waals surface area contributed by atoms with Gasteiger partial charge in [0.2, 0.25) is 0 Å². The zero-order chi connectivity index (χ0) is 30.5. The molecule has 232 valence electrons. The molecule has 7 unspecified atom stereocenters. The van der Waals surface area contributed by atoms with E-state index in [-0.39, 0.29) is 42.0 Å². The predicted octanol–water partition coefficient (Wildman–Crippen LogP) is 8.32. The summed E-state index contributed by atoms with van der Waals surface area (Å²) in [6, 6.07) is 0. The first kappa shape index (κ1) is 33.4. The zero-order valence-corrected chi connectivity index (χ0v) is 27.1. The van der Waals surface area contributed by atoms with E-state index in [1.54, 1.807) is 6.08 Å². The molecule has 3 aliphatic rings. The lowest BCUT2D eigenvalue weighted by molar-refractivity contribution is -0.170. The molecule has 3 rings (SSSR count). The maximum atomic E-state index is 14.5. The molecule has 7 atom stereocenters. The van der Waals surface area contributed by atoms with E-state index >= 15 is 0 Å². The van der Waals surface area contributed by atoms with Crippen molar-refractivity contribution in [3.63, 3.8) is 0 Å². The molecule has 0 aromatic heterocycles. The summed E-state index contributed by atoms with van der Waals surface area (Å²) in [4.78, 5) is 34.0. The van der Waals surface area contributed by atoms with Gasteiger partial charge in [-0.25, -0.2) is 0 Å². The Morgan fingerprint density at radius 3 is 2.02 bits per heavy atom. The molecule has 6 heteroatoms. The van der Waals surface area contributed by atoms with E-state index in [1.807, 2.05) is 6.92 Å². The van der Waals surface area contributed by atoms with Gasteiger partial charge < -0.3 is 14.7 Å². The fourth-order valence-electron chi connectivity index (χ4n) is 8.99. The van der Waals surface area contributed by atoms with Crippen molar-refractivity contribution in [2.75, 3.05) is 13.7 Å². The number of rotatable bonds is 11. The first-order valence-corrected chi connectivity index (χ1v) is 16.3. The van der Waals surface area contributed by atoms with Crippen molar-refractivity contribution < 1.29 is 24.3 Å². The number of Topliss-reactive ketones (excluding diaryl/α,β-unsaturated/α-hetero) is 1. The number of nitrogens with zero attached hydrogens (tertiary/aromatic N) is 1. The van der Waals surface area contributed by atoms with Crippen molar-refractivity contribution in [2.45, 2.75) is 106 Å². The van der Waals surface area contributed by atoms with Crippen LogP contribution in [0.5, 0.6) is 0 Å². The molecule has 0 radical (unpaired) electrons. The summed E-state index contributed by atoms with van der Waals surface area (Å²) in [7, 11) is 1.41. The maximum Gasteiger partial charge on any atom is 0.316 e. The van der Waals surface area contributed by atoms with E-state index in [9.17, 15) is 14.7 Å². The van der Waals surface area contributed by atoms with Gasteiger partial charge in [-0.2, -0.15) is 0 Å². The van der Waals surface area contributed by atoms with E-state index in [4.69, 9.17) is 9.57 Å². The number of oxime groups is 1. The SMILES string of the molecule is C=CCON=C(CCC)C1=C(O)C(C(=O)OC)C(C2CC(C)CCC2C(C)C)(C2CC(C)CCC2C(C)C)CC1=O. The standard InChI is InChI=1S/C35H57NO5/c1-10-12-29(36-41-17-11-2)31-30(37)20-35(32(33(31)38)34(39)40-9,27-18-23(7)13-15-25(27)21(3)4)28-19-24(8)14-16-26(28)22(5)6/h11,21-28,32,38H,2,10,12-20H2,1,3-9H3. The van der Waals surface area contributed by atoms with Crippen LogP contribution in [0.15, 0.2) is 29.1 Å². The van der Waals surface area contributed by atoms with Crippen molar-refractivity contribution in [1.29, 1.82) is 0 Å². The van der Waals surface area contributed by atoms with Crippen LogP contribution in [0.2, 0.25) is 0 Å². The Labute approximate surface area is 249 Å². The number of carbonyl (C=O) groups excluding carboxylic acids is 2. The van der Waals surface area contributed by atoms with E-state index in [0.29, 0.717) is 47.6 Å². The first-order valence-electron chi connectivity index (χ1n) is 16.3. The average Bonchev–Trinajstić information content (AvgIpc) is 2.91. The van der Waals surface area contributed by atoms with Crippen LogP contribution in [0.4, 0.5) is 0 Å². The predicted molar refractivity (Wildman–Crippen MR) is 165 cm³/mol. The molecular weight excluding hydrogens is 514 g/mol. The highest BCUT2D eigenvalue weighted by Crippen LogP contribution is 2.64. The van der Waals surface area contributed by atoms with E-state index < -0.39 is 17.3 Å². The van der Waals surface area contributed by atoms with Crippen molar-refractivity contribution in [1.82, 2.24) is 0 Å². The second-order valence-corrected chi connectivity index (χ2v) is 14.2. The summed E-state index contributed by atoms with van der Waals surface area (Å²) in [5.41, 5.74) is -0.143. The molecule has 1 N–H and O–H groups in total. The third kappa shape index (κ3) is 6.77. The summed E-state index contributed by atoms with van der Waals surface area (Å²) < 4.78 is 5.54. The number of hydrogen-bond acceptors (Lipinski definition) is 6. The Morgan fingerprint density at radius 1 is 1.05 bits per heavy atom. The molecule has 0 aromatic rings. The summed E-state index contributed by atoms with van der Waals surface area (Å²) >= 11 is 0. The zero-order valence-electron chi connectivity index (χ0n) is 27.1. The van der Waals surface area contributed by atoms with Gasteiger partial charge in [-0.1, -0.05) is 85.5 Å². The second-order valence-electron chi connectivity index (χ2n) is 14.2. The number of hydrogen-bond donors (Lipinski definition) is 1. The lowest BCUT2D eigenvalue weighted by atomic mass is 9.43. The number of methoxy groups -OCH3 is 1. The number of esters is 1. The summed E-state index contributed by atoms with van der Waals surface area (Å²) in [5.74, 6) is 1.20. The van der Waals surface area contributed by atoms with E-state index in [1.165, 1.54) is 7.11 Å². The highest BCUT2D eigenvalue weighted by atomic mass is 16.6. The molecule has 0 aromatic carbocycles.